The summed E-state index contributed by atoms with van der Waals surface area (Å²) >= 11 is 0. The first-order chi connectivity index (χ1) is 18.5. The van der Waals surface area contributed by atoms with Gasteiger partial charge in [-0.05, 0) is 92.4 Å². The highest BCUT2D eigenvalue weighted by atomic mass is 32.2. The van der Waals surface area contributed by atoms with Gasteiger partial charge in [0.2, 0.25) is 0 Å². The van der Waals surface area contributed by atoms with E-state index in [4.69, 9.17) is 9.47 Å². The monoisotopic (exact) mass is 549 g/mol. The lowest BCUT2D eigenvalue weighted by atomic mass is 9.86. The first-order valence-electron chi connectivity index (χ1n) is 13.2. The van der Waals surface area contributed by atoms with Gasteiger partial charge in [0.15, 0.2) is 9.84 Å². The van der Waals surface area contributed by atoms with Crippen LogP contribution >= 0.6 is 0 Å². The van der Waals surface area contributed by atoms with Gasteiger partial charge < -0.3 is 19.7 Å². The molecule has 3 aromatic rings. The van der Waals surface area contributed by atoms with E-state index in [0.29, 0.717) is 35.1 Å². The molecule has 3 atom stereocenters. The van der Waals surface area contributed by atoms with E-state index in [1.807, 2.05) is 31.2 Å². The highest BCUT2D eigenvalue weighted by Gasteiger charge is 2.32. The molecule has 1 unspecified atom stereocenters. The van der Waals surface area contributed by atoms with E-state index in [2.05, 4.69) is 18.7 Å². The lowest BCUT2D eigenvalue weighted by molar-refractivity contribution is 0.169. The molecule has 5 rings (SSSR count). The van der Waals surface area contributed by atoms with Gasteiger partial charge in [0.05, 0.1) is 4.90 Å². The zero-order chi connectivity index (χ0) is 27.9. The van der Waals surface area contributed by atoms with E-state index in [1.54, 1.807) is 24.3 Å². The Morgan fingerprint density at radius 3 is 2.38 bits per heavy atom. The van der Waals surface area contributed by atoms with Gasteiger partial charge in [-0.3, -0.25) is 4.90 Å². The highest BCUT2D eigenvalue weighted by Crippen LogP contribution is 2.49. The van der Waals surface area contributed by atoms with Crippen molar-refractivity contribution in [1.82, 2.24) is 4.90 Å². The fraction of sp³-hybridized carbons (Fsp3) is 0.355. The minimum absolute atomic E-state index is 0.0132. The van der Waals surface area contributed by atoms with Crippen molar-refractivity contribution in [3.63, 3.8) is 0 Å². The lowest BCUT2D eigenvalue weighted by Crippen LogP contribution is -2.35. The minimum atomic E-state index is -3.68. The van der Waals surface area contributed by atoms with E-state index >= 15 is 0 Å². The first kappa shape index (κ1) is 27.1. The summed E-state index contributed by atoms with van der Waals surface area (Å²) in [5, 5.41) is 20.2. The largest absolute Gasteiger partial charge is 0.508 e. The van der Waals surface area contributed by atoms with Gasteiger partial charge in [0.1, 0.15) is 35.7 Å². The third-order valence-corrected chi connectivity index (χ3v) is 8.82. The summed E-state index contributed by atoms with van der Waals surface area (Å²) in [6.07, 6.45) is 1.72. The van der Waals surface area contributed by atoms with Gasteiger partial charge in [0.25, 0.3) is 0 Å². The van der Waals surface area contributed by atoms with Crippen molar-refractivity contribution in [2.45, 2.75) is 44.2 Å². The molecule has 1 fully saturated rings. The number of allylic oxidation sites excluding steroid dienone is 1. The average molecular weight is 550 g/mol. The summed E-state index contributed by atoms with van der Waals surface area (Å²) in [6, 6.07) is 17.2. The molecule has 2 heterocycles. The van der Waals surface area contributed by atoms with E-state index in [-0.39, 0.29) is 16.4 Å². The van der Waals surface area contributed by atoms with Crippen LogP contribution in [0.15, 0.2) is 65.6 Å². The number of benzene rings is 3. The van der Waals surface area contributed by atoms with Gasteiger partial charge >= 0.3 is 0 Å². The summed E-state index contributed by atoms with van der Waals surface area (Å²) in [5.74, 6) is 2.01. The number of sulfone groups is 1. The number of nitrogens with zero attached hydrogens (tertiary/aromatic N) is 1. The maximum Gasteiger partial charge on any atom is 0.176 e. The molecular weight excluding hydrogens is 514 g/mol. The van der Waals surface area contributed by atoms with Crippen molar-refractivity contribution in [1.29, 1.82) is 0 Å². The van der Waals surface area contributed by atoms with Crippen LogP contribution in [0.2, 0.25) is 0 Å². The molecule has 39 heavy (non-hydrogen) atoms. The van der Waals surface area contributed by atoms with Crippen molar-refractivity contribution in [2.24, 2.45) is 5.92 Å². The molecule has 0 spiro atoms. The smallest absolute Gasteiger partial charge is 0.176 e. The summed E-state index contributed by atoms with van der Waals surface area (Å²) in [6.45, 7) is 9.15. The Kier molecular flexibility index (Phi) is 7.35. The number of rotatable bonds is 7. The van der Waals surface area contributed by atoms with Crippen LogP contribution in [0.1, 0.15) is 50.0 Å². The average Bonchev–Trinajstić information content (AvgIpc) is 3.34. The summed E-state index contributed by atoms with van der Waals surface area (Å²) < 4.78 is 38.1. The second kappa shape index (κ2) is 10.6. The quantitative estimate of drug-likeness (QED) is 0.392. The normalized spacial score (nSPS) is 20.4. The van der Waals surface area contributed by atoms with Crippen LogP contribution in [0.5, 0.6) is 23.0 Å². The van der Waals surface area contributed by atoms with Crippen LogP contribution in [0.4, 0.5) is 0 Å². The van der Waals surface area contributed by atoms with E-state index in [9.17, 15) is 18.6 Å². The molecular formula is C31H35NO6S. The maximum atomic E-state index is 12.7. The molecule has 0 amide bonds. The summed E-state index contributed by atoms with van der Waals surface area (Å²) in [5.41, 5.74) is 3.38. The molecule has 7 nitrogen and oxygen atoms in total. The number of phenolic OH excluding ortho intramolecular Hbond substituents is 2. The van der Waals surface area contributed by atoms with Crippen LogP contribution in [0, 0.1) is 5.92 Å². The maximum absolute atomic E-state index is 12.7. The van der Waals surface area contributed by atoms with Gasteiger partial charge in [0, 0.05) is 35.5 Å². The lowest BCUT2D eigenvalue weighted by Gasteiger charge is -2.32. The molecule has 8 heteroatoms. The molecule has 0 aromatic heterocycles. The molecule has 2 N–H and O–H groups in total. The number of aromatic hydroxyl groups is 2. The van der Waals surface area contributed by atoms with Crippen molar-refractivity contribution in [3.8, 4) is 23.0 Å². The van der Waals surface area contributed by atoms with E-state index in [0.717, 1.165) is 42.1 Å². The van der Waals surface area contributed by atoms with Gasteiger partial charge in [-0.2, -0.15) is 0 Å². The zero-order valence-electron chi connectivity index (χ0n) is 22.7. The van der Waals surface area contributed by atoms with Crippen LogP contribution in [-0.2, 0) is 9.84 Å². The van der Waals surface area contributed by atoms with E-state index in [1.165, 1.54) is 18.6 Å². The zero-order valence-corrected chi connectivity index (χ0v) is 23.5. The topological polar surface area (TPSA) is 96.3 Å². The molecule has 0 aliphatic carbocycles. The molecule has 3 aromatic carbocycles. The second-order valence-corrected chi connectivity index (χ2v) is 12.8. The number of fused-ring (bicyclic) bond motifs is 1. The minimum Gasteiger partial charge on any atom is -0.508 e. The Bertz CT molecular complexity index is 1510. The molecule has 0 saturated carbocycles. The van der Waals surface area contributed by atoms with Crippen molar-refractivity contribution in [2.75, 3.05) is 26.0 Å². The van der Waals surface area contributed by atoms with Crippen LogP contribution in [0.25, 0.3) is 11.1 Å². The Morgan fingerprint density at radius 1 is 1.03 bits per heavy atom. The Hall–Kier alpha value is -3.49. The predicted molar refractivity (Wildman–Crippen MR) is 152 cm³/mol. The van der Waals surface area contributed by atoms with Gasteiger partial charge in [-0.15, -0.1) is 0 Å². The van der Waals surface area contributed by atoms with Crippen LogP contribution < -0.4 is 9.47 Å². The Labute approximate surface area is 230 Å². The Balaban J connectivity index is 1.50. The van der Waals surface area contributed by atoms with Gasteiger partial charge in [-0.1, -0.05) is 19.1 Å². The number of phenols is 2. The van der Waals surface area contributed by atoms with Crippen molar-refractivity contribution < 1.29 is 28.1 Å². The SMILES string of the molecule is CC1=C(c2ccc(O)cc2S(C)(=O)=O)C(c2ccc(OC[C@H](C)N3CC[C@@H](C)C3)cc2)Oc2ccc(O)cc21. The van der Waals surface area contributed by atoms with Crippen LogP contribution in [-0.4, -0.2) is 55.5 Å². The molecule has 206 valence electrons. The predicted octanol–water partition coefficient (Wildman–Crippen LogP) is 5.67. The Morgan fingerprint density at radius 2 is 1.72 bits per heavy atom. The van der Waals surface area contributed by atoms with Gasteiger partial charge in [-0.25, -0.2) is 8.42 Å². The fourth-order valence-electron chi connectivity index (χ4n) is 5.49. The summed E-state index contributed by atoms with van der Waals surface area (Å²) in [4.78, 5) is 2.47. The number of hydrogen-bond acceptors (Lipinski definition) is 7. The number of ether oxygens (including phenoxy) is 2. The third-order valence-electron chi connectivity index (χ3n) is 7.69. The summed E-state index contributed by atoms with van der Waals surface area (Å²) in [7, 11) is -3.68. The number of likely N-dealkylation sites (tertiary alicyclic amines) is 1. The molecule has 2 aliphatic heterocycles. The van der Waals surface area contributed by atoms with Crippen LogP contribution in [0.3, 0.4) is 0 Å². The fourth-order valence-corrected chi connectivity index (χ4v) is 6.40. The molecule has 2 aliphatic rings. The number of hydrogen-bond donors (Lipinski definition) is 2. The van der Waals surface area contributed by atoms with Crippen molar-refractivity contribution in [3.05, 3.63) is 77.4 Å². The highest BCUT2D eigenvalue weighted by molar-refractivity contribution is 7.90. The van der Waals surface area contributed by atoms with Crippen molar-refractivity contribution >= 4 is 21.0 Å². The second-order valence-electron chi connectivity index (χ2n) is 10.8. The molecule has 1 saturated heterocycles. The standard InChI is InChI=1S/C31H35NO6S/c1-19-13-14-32(17-19)20(2)18-37-25-9-5-22(6-10-25)31-30(21(3)27-15-23(33)8-12-28(27)38-31)26-11-7-24(34)16-29(26)39(4,35)36/h5-12,15-16,19-20,31,33-34H,13-14,17-18H2,1-4H3/t19-,20+,31?/m1/s1. The molecule has 0 bridgehead atoms. The first-order valence-corrected chi connectivity index (χ1v) is 15.1. The molecule has 0 radical (unpaired) electrons. The third kappa shape index (κ3) is 5.63. The van der Waals surface area contributed by atoms with E-state index < -0.39 is 15.9 Å².